The molecule has 3 rings (SSSR count). The number of hydrogen-bond acceptors (Lipinski definition) is 5. The van der Waals surface area contributed by atoms with Gasteiger partial charge >= 0.3 is 0 Å². The lowest BCUT2D eigenvalue weighted by Crippen LogP contribution is -2.48. The monoisotopic (exact) mass is 375 g/mol. The lowest BCUT2D eigenvalue weighted by Gasteiger charge is -2.32. The molecule has 0 aromatic carbocycles. The summed E-state index contributed by atoms with van der Waals surface area (Å²) in [6.45, 7) is 5.25. The van der Waals surface area contributed by atoms with Crippen molar-refractivity contribution < 1.29 is 0 Å². The highest BCUT2D eigenvalue weighted by Crippen LogP contribution is 2.15. The third-order valence-corrected chi connectivity index (χ3v) is 5.47. The van der Waals surface area contributed by atoms with Crippen molar-refractivity contribution >= 4 is 17.3 Å². The Kier molecular flexibility index (Phi) is 7.45. The number of nitrogens with zero attached hydrogens (tertiary/aromatic N) is 5. The number of hydrogen-bond donors (Lipinski definition) is 2. The van der Waals surface area contributed by atoms with E-state index in [0.29, 0.717) is 6.04 Å². The molecule has 142 valence electrons. The molecule has 26 heavy (non-hydrogen) atoms. The number of aryl methyl sites for hydroxylation is 1. The fourth-order valence-electron chi connectivity index (χ4n) is 3.23. The second-order valence-corrected chi connectivity index (χ2v) is 7.51. The van der Waals surface area contributed by atoms with Crippen molar-refractivity contribution in [2.75, 3.05) is 26.7 Å². The third kappa shape index (κ3) is 6.10. The van der Waals surface area contributed by atoms with Crippen molar-refractivity contribution in [3.05, 3.63) is 35.0 Å². The molecule has 7 nitrogen and oxygen atoms in total. The minimum atomic E-state index is 0.511. The van der Waals surface area contributed by atoms with Gasteiger partial charge in [-0.25, -0.2) is 0 Å². The summed E-state index contributed by atoms with van der Waals surface area (Å²) < 4.78 is 2.01. The SMILES string of the molecule is CN=C(NCCCCn1cnnc1)NC1CCN(Cc2ccsc2)CC1. The molecular weight excluding hydrogens is 346 g/mol. The lowest BCUT2D eigenvalue weighted by molar-refractivity contribution is 0.198. The van der Waals surface area contributed by atoms with Gasteiger partial charge in [-0.05, 0) is 48.1 Å². The van der Waals surface area contributed by atoms with Crippen LogP contribution in [0, 0.1) is 0 Å². The zero-order valence-corrected chi connectivity index (χ0v) is 16.3. The summed E-state index contributed by atoms with van der Waals surface area (Å²) in [5, 5.41) is 19.1. The van der Waals surface area contributed by atoms with E-state index < -0.39 is 0 Å². The molecule has 2 aromatic rings. The van der Waals surface area contributed by atoms with E-state index in [9.17, 15) is 0 Å². The molecule has 2 N–H and O–H groups in total. The van der Waals surface area contributed by atoms with Crippen LogP contribution in [0.1, 0.15) is 31.2 Å². The lowest BCUT2D eigenvalue weighted by atomic mass is 10.0. The van der Waals surface area contributed by atoms with Gasteiger partial charge in [0.2, 0.25) is 0 Å². The molecule has 1 aliphatic heterocycles. The van der Waals surface area contributed by atoms with Crippen LogP contribution in [0.15, 0.2) is 34.5 Å². The van der Waals surface area contributed by atoms with Gasteiger partial charge in [0.15, 0.2) is 5.96 Å². The van der Waals surface area contributed by atoms with Crippen LogP contribution in [0.2, 0.25) is 0 Å². The van der Waals surface area contributed by atoms with E-state index in [-0.39, 0.29) is 0 Å². The number of guanidine groups is 1. The Hall–Kier alpha value is -1.93. The highest BCUT2D eigenvalue weighted by atomic mass is 32.1. The zero-order chi connectivity index (χ0) is 18.0. The van der Waals surface area contributed by atoms with Crippen LogP contribution in [0.25, 0.3) is 0 Å². The van der Waals surface area contributed by atoms with Gasteiger partial charge in [-0.1, -0.05) is 0 Å². The zero-order valence-electron chi connectivity index (χ0n) is 15.5. The molecule has 0 atom stereocenters. The van der Waals surface area contributed by atoms with Gasteiger partial charge < -0.3 is 15.2 Å². The molecular formula is C18H29N7S. The molecule has 0 spiro atoms. The van der Waals surface area contributed by atoms with Crippen LogP contribution in [0.4, 0.5) is 0 Å². The van der Waals surface area contributed by atoms with Crippen molar-refractivity contribution in [2.24, 2.45) is 4.99 Å². The number of thiophene rings is 1. The van der Waals surface area contributed by atoms with Gasteiger partial charge in [0.05, 0.1) is 0 Å². The minimum Gasteiger partial charge on any atom is -0.356 e. The van der Waals surface area contributed by atoms with Gasteiger partial charge in [0.1, 0.15) is 12.7 Å². The first-order valence-electron chi connectivity index (χ1n) is 9.36. The molecule has 0 saturated carbocycles. The van der Waals surface area contributed by atoms with Crippen molar-refractivity contribution in [1.29, 1.82) is 0 Å². The van der Waals surface area contributed by atoms with E-state index >= 15 is 0 Å². The first kappa shape index (κ1) is 18.8. The van der Waals surface area contributed by atoms with E-state index in [1.165, 1.54) is 18.4 Å². The van der Waals surface area contributed by atoms with Gasteiger partial charge in [0, 0.05) is 45.8 Å². The minimum absolute atomic E-state index is 0.511. The number of aromatic nitrogens is 3. The Labute approximate surface area is 159 Å². The number of likely N-dealkylation sites (tertiary alicyclic amines) is 1. The largest absolute Gasteiger partial charge is 0.356 e. The molecule has 2 aromatic heterocycles. The van der Waals surface area contributed by atoms with Crippen molar-refractivity contribution in [1.82, 2.24) is 30.3 Å². The summed E-state index contributed by atoms with van der Waals surface area (Å²) in [5.74, 6) is 0.922. The maximum absolute atomic E-state index is 4.37. The predicted octanol–water partition coefficient (Wildman–Crippen LogP) is 1.95. The smallest absolute Gasteiger partial charge is 0.191 e. The molecule has 3 heterocycles. The fraction of sp³-hybridized carbons (Fsp3) is 0.611. The van der Waals surface area contributed by atoms with Crippen molar-refractivity contribution in [2.45, 2.75) is 44.8 Å². The quantitative estimate of drug-likeness (QED) is 0.419. The van der Waals surface area contributed by atoms with Crippen LogP contribution in [0.5, 0.6) is 0 Å². The first-order chi connectivity index (χ1) is 12.8. The highest BCUT2D eigenvalue weighted by molar-refractivity contribution is 7.07. The summed E-state index contributed by atoms with van der Waals surface area (Å²) in [6.07, 6.45) is 8.05. The highest BCUT2D eigenvalue weighted by Gasteiger charge is 2.20. The maximum atomic E-state index is 4.37. The van der Waals surface area contributed by atoms with Gasteiger partial charge in [-0.15, -0.1) is 10.2 Å². The molecule has 1 aliphatic rings. The Bertz CT molecular complexity index is 631. The summed E-state index contributed by atoms with van der Waals surface area (Å²) >= 11 is 1.78. The Morgan fingerprint density at radius 2 is 2.08 bits per heavy atom. The number of unbranched alkanes of at least 4 members (excludes halogenated alkanes) is 1. The Morgan fingerprint density at radius 3 is 2.77 bits per heavy atom. The summed E-state index contributed by atoms with van der Waals surface area (Å²) in [4.78, 5) is 6.91. The van der Waals surface area contributed by atoms with Crippen molar-refractivity contribution in [3.63, 3.8) is 0 Å². The first-order valence-corrected chi connectivity index (χ1v) is 10.3. The maximum Gasteiger partial charge on any atom is 0.191 e. The average molecular weight is 376 g/mol. The molecule has 1 saturated heterocycles. The second kappa shape index (κ2) is 10.3. The number of aliphatic imine (C=N–C) groups is 1. The molecule has 1 fully saturated rings. The van der Waals surface area contributed by atoms with E-state index in [1.54, 1.807) is 24.0 Å². The Balaban J connectivity index is 1.29. The van der Waals surface area contributed by atoms with Gasteiger partial charge in [-0.2, -0.15) is 11.3 Å². The summed E-state index contributed by atoms with van der Waals surface area (Å²) in [7, 11) is 1.85. The normalized spacial score (nSPS) is 16.7. The van der Waals surface area contributed by atoms with E-state index in [4.69, 9.17) is 0 Å². The van der Waals surface area contributed by atoms with Crippen LogP contribution in [-0.4, -0.2) is 58.3 Å². The predicted molar refractivity (Wildman–Crippen MR) is 106 cm³/mol. The number of piperidine rings is 1. The van der Waals surface area contributed by atoms with Crippen molar-refractivity contribution in [3.8, 4) is 0 Å². The molecule has 0 unspecified atom stereocenters. The van der Waals surface area contributed by atoms with Gasteiger partial charge in [0.25, 0.3) is 0 Å². The van der Waals surface area contributed by atoms with Gasteiger partial charge in [-0.3, -0.25) is 9.89 Å². The van der Waals surface area contributed by atoms with Crippen LogP contribution < -0.4 is 10.6 Å². The van der Waals surface area contributed by atoms with E-state index in [1.807, 2.05) is 11.6 Å². The summed E-state index contributed by atoms with van der Waals surface area (Å²) in [5.41, 5.74) is 1.44. The second-order valence-electron chi connectivity index (χ2n) is 6.73. The third-order valence-electron chi connectivity index (χ3n) is 4.74. The fourth-order valence-corrected chi connectivity index (χ4v) is 3.89. The molecule has 8 heteroatoms. The van der Waals surface area contributed by atoms with Crippen LogP contribution in [-0.2, 0) is 13.1 Å². The standard InChI is InChI=1S/C18H29N7S/c1-19-18(20-7-2-3-8-25-14-21-22-15-25)23-17-4-9-24(10-5-17)12-16-6-11-26-13-16/h6,11,13-15,17H,2-5,7-10,12H2,1H3,(H2,19,20,23). The van der Waals surface area contributed by atoms with E-state index in [0.717, 1.165) is 51.5 Å². The number of nitrogens with one attached hydrogen (secondary N) is 2. The Morgan fingerprint density at radius 1 is 1.27 bits per heavy atom. The molecule has 0 aliphatic carbocycles. The topological polar surface area (TPSA) is 70.4 Å². The molecule has 0 bridgehead atoms. The van der Waals surface area contributed by atoms with Crippen LogP contribution >= 0.6 is 11.3 Å². The molecule has 0 amide bonds. The molecule has 0 radical (unpaired) electrons. The average Bonchev–Trinajstić information content (AvgIpc) is 3.36. The number of rotatable bonds is 8. The van der Waals surface area contributed by atoms with Crippen LogP contribution in [0.3, 0.4) is 0 Å². The summed E-state index contributed by atoms with van der Waals surface area (Å²) in [6, 6.07) is 2.74. The van der Waals surface area contributed by atoms with E-state index in [2.05, 4.69) is 47.5 Å².